The van der Waals surface area contributed by atoms with Crippen LogP contribution in [0.1, 0.15) is 64.1 Å². The summed E-state index contributed by atoms with van der Waals surface area (Å²) in [6, 6.07) is 0.686. The van der Waals surface area contributed by atoms with E-state index in [1.807, 2.05) is 12.5 Å². The number of rotatable bonds is 5. The second kappa shape index (κ2) is 6.93. The van der Waals surface area contributed by atoms with Crippen molar-refractivity contribution in [2.45, 2.75) is 65.0 Å². The van der Waals surface area contributed by atoms with Crippen LogP contribution >= 0.6 is 0 Å². The van der Waals surface area contributed by atoms with Gasteiger partial charge in [0, 0.05) is 18.8 Å². The largest absolute Gasteiger partial charge is 0.330 e. The van der Waals surface area contributed by atoms with Crippen molar-refractivity contribution in [1.82, 2.24) is 14.9 Å². The van der Waals surface area contributed by atoms with E-state index < -0.39 is 0 Å². The quantitative estimate of drug-likeness (QED) is 0.809. The lowest BCUT2D eigenvalue weighted by atomic mass is 10.1. The summed E-state index contributed by atoms with van der Waals surface area (Å²) < 4.78 is 2.42. The zero-order chi connectivity index (χ0) is 12.8. The van der Waals surface area contributed by atoms with Gasteiger partial charge in [-0.05, 0) is 25.3 Å². The number of nitrogens with zero attached hydrogens (tertiary/aromatic N) is 2. The Bertz CT molecular complexity index is 335. The van der Waals surface area contributed by atoms with Crippen LogP contribution in [-0.2, 0) is 6.54 Å². The van der Waals surface area contributed by atoms with E-state index in [1.165, 1.54) is 44.2 Å². The average Bonchev–Trinajstić information content (AvgIpc) is 2.63. The minimum absolute atomic E-state index is 0.686. The lowest BCUT2D eigenvalue weighted by Gasteiger charge is -2.19. The fourth-order valence-corrected chi connectivity index (χ4v) is 2.82. The van der Waals surface area contributed by atoms with Crippen LogP contribution in [0.3, 0.4) is 0 Å². The molecule has 0 aliphatic heterocycles. The van der Waals surface area contributed by atoms with E-state index in [-0.39, 0.29) is 0 Å². The van der Waals surface area contributed by atoms with E-state index in [0.29, 0.717) is 12.0 Å². The second-order valence-corrected chi connectivity index (χ2v) is 5.96. The Hall–Kier alpha value is -0.830. The van der Waals surface area contributed by atoms with Crippen molar-refractivity contribution in [2.24, 2.45) is 5.92 Å². The topological polar surface area (TPSA) is 29.9 Å². The maximum absolute atomic E-state index is 4.35. The van der Waals surface area contributed by atoms with E-state index in [1.54, 1.807) is 0 Å². The van der Waals surface area contributed by atoms with Crippen molar-refractivity contribution < 1.29 is 0 Å². The van der Waals surface area contributed by atoms with Gasteiger partial charge in [-0.25, -0.2) is 4.98 Å². The third-order valence-electron chi connectivity index (χ3n) is 3.82. The average molecular weight is 249 g/mol. The number of hydrogen-bond donors (Lipinski definition) is 1. The fourth-order valence-electron chi connectivity index (χ4n) is 2.82. The van der Waals surface area contributed by atoms with Gasteiger partial charge in [0.1, 0.15) is 0 Å². The first-order valence-electron chi connectivity index (χ1n) is 7.49. The minimum atomic E-state index is 0.686. The highest BCUT2D eigenvalue weighted by molar-refractivity contribution is 5.00. The first kappa shape index (κ1) is 13.6. The molecule has 1 saturated carbocycles. The molecule has 1 aromatic rings. The summed E-state index contributed by atoms with van der Waals surface area (Å²) in [6.45, 7) is 6.52. The standard InChI is InChI=1S/C15H27N3/c1-13(2)9-16-10-15-11-17-12-18(15)14-7-5-3-4-6-8-14/h11-14,16H,3-10H2,1-2H3. The molecule has 0 amide bonds. The molecule has 1 aromatic heterocycles. The first-order chi connectivity index (χ1) is 8.77. The molecule has 102 valence electrons. The van der Waals surface area contributed by atoms with Gasteiger partial charge in [-0.2, -0.15) is 0 Å². The molecule has 1 N–H and O–H groups in total. The Balaban J connectivity index is 1.93. The van der Waals surface area contributed by atoms with Gasteiger partial charge in [0.2, 0.25) is 0 Å². The summed E-state index contributed by atoms with van der Waals surface area (Å²) in [5.41, 5.74) is 1.35. The molecule has 1 aliphatic carbocycles. The zero-order valence-electron chi connectivity index (χ0n) is 11.9. The minimum Gasteiger partial charge on any atom is -0.330 e. The molecule has 0 saturated heterocycles. The van der Waals surface area contributed by atoms with Gasteiger partial charge in [-0.1, -0.05) is 39.5 Å². The van der Waals surface area contributed by atoms with Gasteiger partial charge < -0.3 is 9.88 Å². The predicted molar refractivity (Wildman–Crippen MR) is 75.5 cm³/mol. The van der Waals surface area contributed by atoms with E-state index in [0.717, 1.165) is 13.1 Å². The molecule has 1 fully saturated rings. The van der Waals surface area contributed by atoms with E-state index in [4.69, 9.17) is 0 Å². The first-order valence-corrected chi connectivity index (χ1v) is 7.49. The fraction of sp³-hybridized carbons (Fsp3) is 0.800. The molecule has 1 heterocycles. The van der Waals surface area contributed by atoms with Gasteiger partial charge in [0.05, 0.1) is 12.0 Å². The monoisotopic (exact) mass is 249 g/mol. The van der Waals surface area contributed by atoms with Crippen molar-refractivity contribution in [3.63, 3.8) is 0 Å². The summed E-state index contributed by atoms with van der Waals surface area (Å²) in [6.07, 6.45) is 12.3. The lowest BCUT2D eigenvalue weighted by Crippen LogP contribution is -2.22. The maximum atomic E-state index is 4.35. The summed E-state index contributed by atoms with van der Waals surface area (Å²) >= 11 is 0. The lowest BCUT2D eigenvalue weighted by molar-refractivity contribution is 0.423. The molecular formula is C15H27N3. The number of imidazole rings is 1. The molecule has 3 heteroatoms. The number of nitrogens with one attached hydrogen (secondary N) is 1. The Morgan fingerprint density at radius 1 is 1.28 bits per heavy atom. The second-order valence-electron chi connectivity index (χ2n) is 5.96. The van der Waals surface area contributed by atoms with Gasteiger partial charge in [0.15, 0.2) is 0 Å². The number of aromatic nitrogens is 2. The third-order valence-corrected chi connectivity index (χ3v) is 3.82. The Labute approximate surface area is 111 Å². The highest BCUT2D eigenvalue weighted by Crippen LogP contribution is 2.27. The van der Waals surface area contributed by atoms with E-state index in [9.17, 15) is 0 Å². The van der Waals surface area contributed by atoms with Crippen molar-refractivity contribution >= 4 is 0 Å². The molecule has 0 aromatic carbocycles. The highest BCUT2D eigenvalue weighted by atomic mass is 15.1. The summed E-state index contributed by atoms with van der Waals surface area (Å²) in [4.78, 5) is 4.35. The van der Waals surface area contributed by atoms with Gasteiger partial charge in [0.25, 0.3) is 0 Å². The van der Waals surface area contributed by atoms with Crippen molar-refractivity contribution in [3.8, 4) is 0 Å². The zero-order valence-corrected chi connectivity index (χ0v) is 11.9. The molecule has 18 heavy (non-hydrogen) atoms. The van der Waals surface area contributed by atoms with Crippen LogP contribution in [0.4, 0.5) is 0 Å². The van der Waals surface area contributed by atoms with Crippen molar-refractivity contribution in [3.05, 3.63) is 18.2 Å². The molecular weight excluding hydrogens is 222 g/mol. The third kappa shape index (κ3) is 3.84. The van der Waals surface area contributed by atoms with Crippen LogP contribution in [0.15, 0.2) is 12.5 Å². The van der Waals surface area contributed by atoms with Crippen LogP contribution in [0.2, 0.25) is 0 Å². The van der Waals surface area contributed by atoms with Crippen LogP contribution in [-0.4, -0.2) is 16.1 Å². The molecule has 0 unspecified atom stereocenters. The molecule has 1 aliphatic rings. The van der Waals surface area contributed by atoms with Gasteiger partial charge >= 0.3 is 0 Å². The molecule has 0 bridgehead atoms. The van der Waals surface area contributed by atoms with Crippen LogP contribution in [0.25, 0.3) is 0 Å². The molecule has 3 nitrogen and oxygen atoms in total. The van der Waals surface area contributed by atoms with E-state index in [2.05, 4.69) is 28.7 Å². The molecule has 0 spiro atoms. The maximum Gasteiger partial charge on any atom is 0.0951 e. The van der Waals surface area contributed by atoms with Gasteiger partial charge in [-0.15, -0.1) is 0 Å². The van der Waals surface area contributed by atoms with Gasteiger partial charge in [-0.3, -0.25) is 0 Å². The summed E-state index contributed by atoms with van der Waals surface area (Å²) in [7, 11) is 0. The molecule has 0 atom stereocenters. The SMILES string of the molecule is CC(C)CNCc1cncn1C1CCCCCC1. The Kier molecular flexibility index (Phi) is 5.24. The molecule has 0 radical (unpaired) electrons. The summed E-state index contributed by atoms with van der Waals surface area (Å²) in [5, 5.41) is 3.52. The van der Waals surface area contributed by atoms with Crippen molar-refractivity contribution in [1.29, 1.82) is 0 Å². The smallest absolute Gasteiger partial charge is 0.0951 e. The summed E-state index contributed by atoms with van der Waals surface area (Å²) in [5.74, 6) is 0.708. The molecule has 2 rings (SSSR count). The van der Waals surface area contributed by atoms with Crippen LogP contribution in [0.5, 0.6) is 0 Å². The Morgan fingerprint density at radius 3 is 2.67 bits per heavy atom. The van der Waals surface area contributed by atoms with E-state index >= 15 is 0 Å². The van der Waals surface area contributed by atoms with Crippen molar-refractivity contribution in [2.75, 3.05) is 6.54 Å². The van der Waals surface area contributed by atoms with Crippen LogP contribution < -0.4 is 5.32 Å². The predicted octanol–water partition coefficient (Wildman–Crippen LogP) is 3.52. The number of hydrogen-bond acceptors (Lipinski definition) is 2. The Morgan fingerprint density at radius 2 is 2.00 bits per heavy atom. The van der Waals surface area contributed by atoms with Crippen LogP contribution in [0, 0.1) is 5.92 Å². The normalized spacial score (nSPS) is 18.2. The highest BCUT2D eigenvalue weighted by Gasteiger charge is 2.16.